The topological polar surface area (TPSA) is 140 Å². The van der Waals surface area contributed by atoms with E-state index in [0.717, 1.165) is 11.3 Å². The van der Waals surface area contributed by atoms with E-state index in [1.165, 1.54) is 24.3 Å². The predicted molar refractivity (Wildman–Crippen MR) is 128 cm³/mol. The molecule has 2 heterocycles. The van der Waals surface area contributed by atoms with Crippen LogP contribution in [0.1, 0.15) is 36.5 Å². The van der Waals surface area contributed by atoms with Crippen molar-refractivity contribution in [1.29, 1.82) is 0 Å². The number of hydrogen-bond donors (Lipinski definition) is 2. The van der Waals surface area contributed by atoms with E-state index in [0.29, 0.717) is 23.7 Å². The summed E-state index contributed by atoms with van der Waals surface area (Å²) in [6.07, 6.45) is 0.839. The lowest BCUT2D eigenvalue weighted by Crippen LogP contribution is -2.29. The van der Waals surface area contributed by atoms with Crippen LogP contribution in [0.5, 0.6) is 5.75 Å². The molecule has 1 saturated heterocycles. The fourth-order valence-corrected chi connectivity index (χ4v) is 4.36. The first-order valence-electron chi connectivity index (χ1n) is 10.8. The van der Waals surface area contributed by atoms with Crippen LogP contribution in [0.15, 0.2) is 75.5 Å². The minimum Gasteiger partial charge on any atom is -0.507 e. The number of sulfonamides is 1. The summed E-state index contributed by atoms with van der Waals surface area (Å²) in [6, 6.07) is 14.0. The lowest BCUT2D eigenvalue weighted by molar-refractivity contribution is -0.132. The van der Waals surface area contributed by atoms with E-state index in [1.54, 1.807) is 43.3 Å². The third kappa shape index (κ3) is 4.71. The number of anilines is 1. The number of hydrogen-bond acceptors (Lipinski definition) is 7. The minimum atomic E-state index is -3.95. The minimum absolute atomic E-state index is 0.145. The van der Waals surface area contributed by atoms with Gasteiger partial charge in [0.1, 0.15) is 29.1 Å². The Labute approximate surface area is 202 Å². The van der Waals surface area contributed by atoms with E-state index >= 15 is 0 Å². The molecule has 0 saturated carbocycles. The van der Waals surface area contributed by atoms with Gasteiger partial charge in [0.2, 0.25) is 10.0 Å². The van der Waals surface area contributed by atoms with Crippen molar-refractivity contribution in [2.45, 2.75) is 31.2 Å². The molecule has 0 aliphatic carbocycles. The highest BCUT2D eigenvalue weighted by atomic mass is 32.2. The van der Waals surface area contributed by atoms with Crippen molar-refractivity contribution in [2.24, 2.45) is 5.14 Å². The van der Waals surface area contributed by atoms with Crippen LogP contribution in [0.3, 0.4) is 0 Å². The van der Waals surface area contributed by atoms with Crippen LogP contribution in [0.2, 0.25) is 0 Å². The van der Waals surface area contributed by atoms with Crippen LogP contribution >= 0.6 is 0 Å². The number of amides is 1. The molecule has 0 bridgehead atoms. The molecule has 10 heteroatoms. The molecule has 1 unspecified atom stereocenters. The van der Waals surface area contributed by atoms with Gasteiger partial charge in [0.05, 0.1) is 17.1 Å². The van der Waals surface area contributed by atoms with Gasteiger partial charge < -0.3 is 14.3 Å². The zero-order chi connectivity index (χ0) is 25.3. The highest BCUT2D eigenvalue weighted by Crippen LogP contribution is 2.42. The van der Waals surface area contributed by atoms with Crippen molar-refractivity contribution in [1.82, 2.24) is 0 Å². The van der Waals surface area contributed by atoms with E-state index in [4.69, 9.17) is 14.3 Å². The summed E-state index contributed by atoms with van der Waals surface area (Å²) in [5.41, 5.74) is 0.410. The summed E-state index contributed by atoms with van der Waals surface area (Å²) in [7, 11) is -3.95. The zero-order valence-corrected chi connectivity index (χ0v) is 19.9. The van der Waals surface area contributed by atoms with Crippen LogP contribution in [-0.2, 0) is 19.6 Å². The zero-order valence-electron chi connectivity index (χ0n) is 19.1. The first-order valence-corrected chi connectivity index (χ1v) is 12.4. The standard InChI is InChI=1S/C25H24N2O7S/c1-3-14-33-18-9-5-16(6-10-18)23(28)21-22(20-13-4-15(2)34-20)27(25(30)24(21)29)17-7-11-19(12-8-17)35(26,31)32/h4-13,22,28H,3,14H2,1-2H3,(H2,26,31,32)/b23-21-. The molecule has 1 aromatic heterocycles. The lowest BCUT2D eigenvalue weighted by Gasteiger charge is -2.23. The van der Waals surface area contributed by atoms with Crippen molar-refractivity contribution in [3.63, 3.8) is 0 Å². The molecule has 0 spiro atoms. The van der Waals surface area contributed by atoms with E-state index in [1.807, 2.05) is 6.92 Å². The van der Waals surface area contributed by atoms with Gasteiger partial charge in [0.25, 0.3) is 11.7 Å². The molecule has 2 aromatic carbocycles. The van der Waals surface area contributed by atoms with Gasteiger partial charge >= 0.3 is 0 Å². The molecular weight excluding hydrogens is 472 g/mol. The van der Waals surface area contributed by atoms with Gasteiger partial charge in [-0.05, 0) is 74.0 Å². The summed E-state index contributed by atoms with van der Waals surface area (Å²) in [5.74, 6) is -0.736. The second-order valence-corrected chi connectivity index (χ2v) is 9.59. The third-order valence-corrected chi connectivity index (χ3v) is 6.45. The third-order valence-electron chi connectivity index (χ3n) is 5.52. The number of Topliss-reactive ketones (excluding diaryl/α,β-unsaturated/α-hetero) is 1. The average Bonchev–Trinajstić information content (AvgIpc) is 3.37. The number of furan rings is 1. The molecule has 182 valence electrons. The number of nitrogens with two attached hydrogens (primary N) is 1. The lowest BCUT2D eigenvalue weighted by atomic mass is 9.99. The fraction of sp³-hybridized carbons (Fsp3) is 0.200. The number of primary sulfonamides is 1. The SMILES string of the molecule is CCCOc1ccc(/C(O)=C2/C(=O)C(=O)N(c3ccc(S(N)(=O)=O)cc3)C2c2ccc(C)o2)cc1. The Morgan fingerprint density at radius 2 is 1.71 bits per heavy atom. The van der Waals surface area contributed by atoms with Crippen molar-refractivity contribution in [3.8, 4) is 5.75 Å². The normalized spacial score (nSPS) is 17.7. The first kappa shape index (κ1) is 24.2. The Balaban J connectivity index is 1.82. The molecule has 3 aromatic rings. The summed E-state index contributed by atoms with van der Waals surface area (Å²) < 4.78 is 34.6. The monoisotopic (exact) mass is 496 g/mol. The van der Waals surface area contributed by atoms with Crippen LogP contribution in [0.25, 0.3) is 5.76 Å². The molecule has 1 aliphatic rings. The largest absolute Gasteiger partial charge is 0.507 e. The smallest absolute Gasteiger partial charge is 0.300 e. The summed E-state index contributed by atoms with van der Waals surface area (Å²) in [5, 5.41) is 16.3. The number of carbonyl (C=O) groups excluding carboxylic acids is 2. The molecule has 4 rings (SSSR count). The van der Waals surface area contributed by atoms with Crippen molar-refractivity contribution in [3.05, 3.63) is 83.3 Å². The van der Waals surface area contributed by atoms with Crippen molar-refractivity contribution in [2.75, 3.05) is 11.5 Å². The number of aliphatic hydroxyl groups is 1. The first-order chi connectivity index (χ1) is 16.6. The van der Waals surface area contributed by atoms with Crippen LogP contribution in [-0.4, -0.2) is 31.8 Å². The number of nitrogens with zero attached hydrogens (tertiary/aromatic N) is 1. The molecule has 1 fully saturated rings. The second-order valence-electron chi connectivity index (χ2n) is 8.03. The maximum atomic E-state index is 13.1. The Morgan fingerprint density at radius 1 is 1.06 bits per heavy atom. The van der Waals surface area contributed by atoms with E-state index in [9.17, 15) is 23.1 Å². The van der Waals surface area contributed by atoms with E-state index < -0.39 is 27.8 Å². The predicted octanol–water partition coefficient (Wildman–Crippen LogP) is 3.65. The van der Waals surface area contributed by atoms with Gasteiger partial charge in [0.15, 0.2) is 0 Å². The Morgan fingerprint density at radius 3 is 2.26 bits per heavy atom. The summed E-state index contributed by atoms with van der Waals surface area (Å²) in [4.78, 5) is 27.3. The summed E-state index contributed by atoms with van der Waals surface area (Å²) >= 11 is 0. The molecule has 1 amide bonds. The number of aryl methyl sites for hydroxylation is 1. The number of aliphatic hydroxyl groups excluding tert-OH is 1. The van der Waals surface area contributed by atoms with Gasteiger partial charge in [-0.15, -0.1) is 0 Å². The highest BCUT2D eigenvalue weighted by Gasteiger charge is 2.48. The van der Waals surface area contributed by atoms with Gasteiger partial charge in [-0.1, -0.05) is 6.92 Å². The number of carbonyl (C=O) groups is 2. The Kier molecular flexibility index (Phi) is 6.51. The highest BCUT2D eigenvalue weighted by molar-refractivity contribution is 7.89. The summed E-state index contributed by atoms with van der Waals surface area (Å²) in [6.45, 7) is 4.24. The molecule has 0 radical (unpaired) electrons. The van der Waals surface area contributed by atoms with Crippen molar-refractivity contribution < 1.29 is 32.3 Å². The number of ketones is 1. The maximum absolute atomic E-state index is 13.1. The van der Waals surface area contributed by atoms with Gasteiger partial charge in [-0.2, -0.15) is 0 Å². The van der Waals surface area contributed by atoms with Crippen LogP contribution in [0.4, 0.5) is 5.69 Å². The average molecular weight is 497 g/mol. The molecule has 9 nitrogen and oxygen atoms in total. The van der Waals surface area contributed by atoms with Crippen molar-refractivity contribution >= 4 is 33.2 Å². The van der Waals surface area contributed by atoms with E-state index in [-0.39, 0.29) is 27.7 Å². The van der Waals surface area contributed by atoms with Crippen LogP contribution in [0, 0.1) is 6.92 Å². The van der Waals surface area contributed by atoms with Gasteiger partial charge in [0, 0.05) is 11.3 Å². The maximum Gasteiger partial charge on any atom is 0.300 e. The van der Waals surface area contributed by atoms with E-state index in [2.05, 4.69) is 0 Å². The Hall–Kier alpha value is -3.89. The number of benzene rings is 2. The van der Waals surface area contributed by atoms with Crippen LogP contribution < -0.4 is 14.8 Å². The molecule has 35 heavy (non-hydrogen) atoms. The number of rotatable bonds is 7. The number of ether oxygens (including phenoxy) is 1. The Bertz CT molecular complexity index is 1400. The fourth-order valence-electron chi connectivity index (χ4n) is 3.85. The molecule has 1 aliphatic heterocycles. The van der Waals surface area contributed by atoms with Gasteiger partial charge in [-0.25, -0.2) is 13.6 Å². The second kappa shape index (κ2) is 9.40. The molecule has 3 N–H and O–H groups in total. The molecule has 1 atom stereocenters. The van der Waals surface area contributed by atoms with Gasteiger partial charge in [-0.3, -0.25) is 14.5 Å². The molecular formula is C25H24N2O7S. The quantitative estimate of drug-likeness (QED) is 0.289.